The van der Waals surface area contributed by atoms with Gasteiger partial charge in [-0.05, 0) is 55.6 Å². The highest BCUT2D eigenvalue weighted by molar-refractivity contribution is 5.35. The first-order valence-corrected chi connectivity index (χ1v) is 11.6. The summed E-state index contributed by atoms with van der Waals surface area (Å²) in [6.45, 7) is 5.10. The van der Waals surface area contributed by atoms with Crippen molar-refractivity contribution in [3.05, 3.63) is 59.2 Å². The van der Waals surface area contributed by atoms with E-state index in [9.17, 15) is 0 Å². The predicted octanol–water partition coefficient (Wildman–Crippen LogP) is 6.46. The molecule has 2 atom stereocenters. The molecule has 3 aliphatic rings. The molecule has 1 saturated heterocycles. The van der Waals surface area contributed by atoms with Gasteiger partial charge in [-0.25, -0.2) is 0 Å². The van der Waals surface area contributed by atoms with Crippen molar-refractivity contribution in [1.82, 2.24) is 4.90 Å². The molecule has 0 spiro atoms. The van der Waals surface area contributed by atoms with Gasteiger partial charge in [0, 0.05) is 18.5 Å². The Hall–Kier alpha value is -1.38. The molecule has 1 heterocycles. The maximum absolute atomic E-state index is 6.41. The molecule has 0 unspecified atom stereocenters. The molecule has 2 aliphatic carbocycles. The number of ether oxygens (including phenoxy) is 1. The highest BCUT2D eigenvalue weighted by Gasteiger charge is 2.30. The van der Waals surface area contributed by atoms with Crippen molar-refractivity contribution in [3.63, 3.8) is 0 Å². The third kappa shape index (κ3) is 4.78. The summed E-state index contributed by atoms with van der Waals surface area (Å²) in [5, 5.41) is 0. The topological polar surface area (TPSA) is 12.5 Å². The van der Waals surface area contributed by atoms with Crippen molar-refractivity contribution in [3.8, 4) is 0 Å². The fourth-order valence-corrected chi connectivity index (χ4v) is 5.52. The van der Waals surface area contributed by atoms with Crippen LogP contribution >= 0.6 is 0 Å². The van der Waals surface area contributed by atoms with Gasteiger partial charge in [-0.2, -0.15) is 0 Å². The zero-order valence-corrected chi connectivity index (χ0v) is 17.6. The quantitative estimate of drug-likeness (QED) is 0.514. The lowest BCUT2D eigenvalue weighted by molar-refractivity contribution is 0.0112. The lowest BCUT2D eigenvalue weighted by Gasteiger charge is -2.32. The van der Waals surface area contributed by atoms with Crippen LogP contribution in [0.2, 0.25) is 0 Å². The molecule has 152 valence electrons. The number of rotatable bonds is 8. The van der Waals surface area contributed by atoms with Gasteiger partial charge in [-0.1, -0.05) is 74.2 Å². The molecule has 1 aromatic carbocycles. The maximum atomic E-state index is 6.41. The summed E-state index contributed by atoms with van der Waals surface area (Å²) in [7, 11) is 0. The van der Waals surface area contributed by atoms with Gasteiger partial charge in [0.05, 0.1) is 13.3 Å². The SMILES string of the molecule is CCC1=CCC([C@@H]2CCCN2COC[C@H](c2ccccc2)C2CCCCC2)=C1. The Morgan fingerprint density at radius 2 is 1.86 bits per heavy atom. The Labute approximate surface area is 171 Å². The number of allylic oxidation sites excluding steroid dienone is 3. The first-order valence-electron chi connectivity index (χ1n) is 11.6. The molecule has 2 fully saturated rings. The van der Waals surface area contributed by atoms with Crippen LogP contribution < -0.4 is 0 Å². The van der Waals surface area contributed by atoms with Crippen LogP contribution in [0, 0.1) is 5.92 Å². The first kappa shape index (κ1) is 19.9. The zero-order valence-electron chi connectivity index (χ0n) is 17.6. The van der Waals surface area contributed by atoms with Gasteiger partial charge in [0.2, 0.25) is 0 Å². The van der Waals surface area contributed by atoms with Crippen molar-refractivity contribution in [1.29, 1.82) is 0 Å². The Morgan fingerprint density at radius 1 is 1.04 bits per heavy atom. The van der Waals surface area contributed by atoms with Crippen LogP contribution in [0.1, 0.15) is 76.2 Å². The van der Waals surface area contributed by atoms with Crippen LogP contribution in [0.4, 0.5) is 0 Å². The van der Waals surface area contributed by atoms with Gasteiger partial charge in [-0.15, -0.1) is 0 Å². The average Bonchev–Trinajstić information content (AvgIpc) is 3.41. The van der Waals surface area contributed by atoms with E-state index in [1.807, 2.05) is 0 Å². The fourth-order valence-electron chi connectivity index (χ4n) is 5.52. The van der Waals surface area contributed by atoms with E-state index in [2.05, 4.69) is 54.3 Å². The zero-order chi connectivity index (χ0) is 19.2. The average molecular weight is 380 g/mol. The second kappa shape index (κ2) is 9.89. The minimum absolute atomic E-state index is 0.557. The van der Waals surface area contributed by atoms with E-state index in [0.717, 1.165) is 32.1 Å². The van der Waals surface area contributed by atoms with E-state index in [-0.39, 0.29) is 0 Å². The molecule has 0 N–H and O–H groups in total. The van der Waals surface area contributed by atoms with E-state index < -0.39 is 0 Å². The van der Waals surface area contributed by atoms with Crippen molar-refractivity contribution < 1.29 is 4.74 Å². The molecule has 2 heteroatoms. The van der Waals surface area contributed by atoms with Crippen LogP contribution in [-0.4, -0.2) is 30.8 Å². The molecule has 1 saturated carbocycles. The Balaban J connectivity index is 1.35. The maximum Gasteiger partial charge on any atom is 0.0995 e. The molecule has 0 amide bonds. The Kier molecular flexibility index (Phi) is 7.04. The molecular formula is C26H37NO. The second-order valence-electron chi connectivity index (χ2n) is 8.94. The van der Waals surface area contributed by atoms with E-state index in [0.29, 0.717) is 12.0 Å². The van der Waals surface area contributed by atoms with Crippen LogP contribution in [0.3, 0.4) is 0 Å². The van der Waals surface area contributed by atoms with E-state index in [1.54, 1.807) is 5.57 Å². The summed E-state index contributed by atoms with van der Waals surface area (Å²) >= 11 is 0. The monoisotopic (exact) mass is 379 g/mol. The molecule has 2 nitrogen and oxygen atoms in total. The molecule has 0 radical (unpaired) electrons. The van der Waals surface area contributed by atoms with Crippen LogP contribution in [0.25, 0.3) is 0 Å². The first-order chi connectivity index (χ1) is 13.8. The summed E-state index contributed by atoms with van der Waals surface area (Å²) < 4.78 is 6.41. The van der Waals surface area contributed by atoms with Crippen molar-refractivity contribution in [2.24, 2.45) is 5.92 Å². The van der Waals surface area contributed by atoms with Crippen LogP contribution in [-0.2, 0) is 4.74 Å². The molecule has 0 bridgehead atoms. The molecule has 4 rings (SSSR count). The summed E-state index contributed by atoms with van der Waals surface area (Å²) in [5.74, 6) is 1.35. The molecule has 1 aromatic rings. The standard InChI is InChI=1S/C26H37NO/c1-2-21-15-16-24(18-21)26-14-9-17-27(26)20-28-19-25(22-10-5-3-6-11-22)23-12-7-4-8-13-23/h3,5-6,10-11,15,18,23,25-26H,2,4,7-9,12-14,16-17,19-20H2,1H3/t25-,26+/m1/s1. The second-order valence-corrected chi connectivity index (χ2v) is 8.94. The van der Waals surface area contributed by atoms with Gasteiger partial charge >= 0.3 is 0 Å². The molecule has 1 aliphatic heterocycles. The number of nitrogens with zero attached hydrogens (tertiary/aromatic N) is 1. The van der Waals surface area contributed by atoms with Gasteiger partial charge in [0.1, 0.15) is 0 Å². The van der Waals surface area contributed by atoms with Gasteiger partial charge in [0.25, 0.3) is 0 Å². The molecule has 0 aromatic heterocycles. The third-order valence-corrected chi connectivity index (χ3v) is 7.17. The highest BCUT2D eigenvalue weighted by Crippen LogP contribution is 2.37. The number of likely N-dealkylation sites (tertiary alicyclic amines) is 1. The van der Waals surface area contributed by atoms with Crippen LogP contribution in [0.5, 0.6) is 0 Å². The van der Waals surface area contributed by atoms with E-state index in [1.165, 1.54) is 62.6 Å². The lowest BCUT2D eigenvalue weighted by atomic mass is 9.77. The smallest absolute Gasteiger partial charge is 0.0995 e. The Bertz CT molecular complexity index is 671. The third-order valence-electron chi connectivity index (χ3n) is 7.17. The number of hydrogen-bond donors (Lipinski definition) is 0. The summed E-state index contributed by atoms with van der Waals surface area (Å²) in [6.07, 6.45) is 16.7. The summed E-state index contributed by atoms with van der Waals surface area (Å²) in [4.78, 5) is 2.58. The van der Waals surface area contributed by atoms with Crippen LogP contribution in [0.15, 0.2) is 53.6 Å². The van der Waals surface area contributed by atoms with Gasteiger partial charge < -0.3 is 4.74 Å². The number of benzene rings is 1. The van der Waals surface area contributed by atoms with Crippen molar-refractivity contribution in [2.45, 2.75) is 76.7 Å². The lowest BCUT2D eigenvalue weighted by Crippen LogP contribution is -2.34. The largest absolute Gasteiger partial charge is 0.365 e. The van der Waals surface area contributed by atoms with Gasteiger partial charge in [-0.3, -0.25) is 4.90 Å². The normalized spacial score (nSPS) is 25.0. The number of hydrogen-bond acceptors (Lipinski definition) is 2. The summed E-state index contributed by atoms with van der Waals surface area (Å²) in [5.41, 5.74) is 4.61. The minimum atomic E-state index is 0.557. The predicted molar refractivity (Wildman–Crippen MR) is 117 cm³/mol. The Morgan fingerprint density at radius 3 is 2.61 bits per heavy atom. The van der Waals surface area contributed by atoms with E-state index >= 15 is 0 Å². The minimum Gasteiger partial charge on any atom is -0.365 e. The van der Waals surface area contributed by atoms with Gasteiger partial charge in [0.15, 0.2) is 0 Å². The van der Waals surface area contributed by atoms with E-state index in [4.69, 9.17) is 4.74 Å². The molecular weight excluding hydrogens is 342 g/mol. The summed E-state index contributed by atoms with van der Waals surface area (Å²) in [6, 6.07) is 11.7. The van der Waals surface area contributed by atoms with Crippen molar-refractivity contribution >= 4 is 0 Å². The fraction of sp³-hybridized carbons (Fsp3) is 0.615. The molecule has 28 heavy (non-hydrogen) atoms. The van der Waals surface area contributed by atoms with Crippen molar-refractivity contribution in [2.75, 3.05) is 19.9 Å². The highest BCUT2D eigenvalue weighted by atomic mass is 16.5.